The summed E-state index contributed by atoms with van der Waals surface area (Å²) in [6.45, 7) is 4.88. The molecule has 1 amide bonds. The van der Waals surface area contributed by atoms with Crippen molar-refractivity contribution in [3.05, 3.63) is 130 Å². The molecule has 4 aromatic rings. The van der Waals surface area contributed by atoms with Gasteiger partial charge in [-0.2, -0.15) is 13.2 Å². The van der Waals surface area contributed by atoms with Crippen LogP contribution in [0.4, 0.5) is 22.0 Å². The number of hydrogen-bond donors (Lipinski definition) is 2. The molecule has 0 bridgehead atoms. The van der Waals surface area contributed by atoms with E-state index in [1.54, 1.807) is 51.1 Å². The summed E-state index contributed by atoms with van der Waals surface area (Å²) in [5.41, 5.74) is -4.13. The highest BCUT2D eigenvalue weighted by atomic mass is 35.5. The summed E-state index contributed by atoms with van der Waals surface area (Å²) in [4.78, 5) is 30.2. The van der Waals surface area contributed by atoms with Crippen LogP contribution in [0.1, 0.15) is 53.5 Å². The van der Waals surface area contributed by atoms with E-state index < -0.39 is 57.9 Å². The molecule has 45 heavy (non-hydrogen) atoms. The first-order valence-corrected chi connectivity index (χ1v) is 13.9. The van der Waals surface area contributed by atoms with Gasteiger partial charge in [0.1, 0.15) is 22.9 Å². The predicted octanol–water partition coefficient (Wildman–Crippen LogP) is 7.83. The van der Waals surface area contributed by atoms with Gasteiger partial charge in [0.25, 0.3) is 5.91 Å². The second-order valence-electron chi connectivity index (χ2n) is 11.5. The van der Waals surface area contributed by atoms with E-state index in [-0.39, 0.29) is 28.5 Å². The van der Waals surface area contributed by atoms with Gasteiger partial charge in [-0.1, -0.05) is 62.7 Å². The quantitative estimate of drug-likeness (QED) is 0.181. The van der Waals surface area contributed by atoms with E-state index in [0.717, 1.165) is 18.2 Å². The highest BCUT2D eigenvalue weighted by molar-refractivity contribution is 6.30. The zero-order chi connectivity index (χ0) is 33.2. The Labute approximate surface area is 260 Å². The lowest BCUT2D eigenvalue weighted by Crippen LogP contribution is -2.49. The van der Waals surface area contributed by atoms with E-state index in [2.05, 4.69) is 10.3 Å². The molecular formula is C33H28ClF5N2O4. The first-order valence-electron chi connectivity index (χ1n) is 13.6. The number of aliphatic carboxylic acids is 1. The zero-order valence-electron chi connectivity index (χ0n) is 24.3. The number of rotatable bonds is 9. The number of hydrogen-bond acceptors (Lipinski definition) is 4. The average Bonchev–Trinajstić information content (AvgIpc) is 2.95. The minimum Gasteiger partial charge on any atom is -0.478 e. The van der Waals surface area contributed by atoms with Gasteiger partial charge in [-0.05, 0) is 53.6 Å². The van der Waals surface area contributed by atoms with E-state index in [0.29, 0.717) is 17.7 Å². The number of carboxylic acids is 1. The Balaban J connectivity index is 1.96. The minimum atomic E-state index is -5.08. The lowest BCUT2D eigenvalue weighted by atomic mass is 9.80. The SMILES string of the molecule is CC(C)(C)C(Oc1cc(F)cc(C(Cc2ccccc2)(NC(=O)c2ccc(F)c(C(F)(F)F)c2)c2ccc(Cl)cn2)c1)C(=O)O. The van der Waals surface area contributed by atoms with Crippen LogP contribution in [0.25, 0.3) is 0 Å². The van der Waals surface area contributed by atoms with Gasteiger partial charge in [-0.25, -0.2) is 13.6 Å². The zero-order valence-corrected chi connectivity index (χ0v) is 25.0. The molecule has 0 saturated heterocycles. The van der Waals surface area contributed by atoms with Gasteiger partial charge < -0.3 is 15.2 Å². The van der Waals surface area contributed by atoms with Gasteiger partial charge in [-0.15, -0.1) is 0 Å². The maximum atomic E-state index is 15.4. The third-order valence-corrected chi connectivity index (χ3v) is 7.19. The third-order valence-electron chi connectivity index (χ3n) is 6.97. The first-order chi connectivity index (χ1) is 21.0. The first kappa shape index (κ1) is 33.4. The molecule has 0 aliphatic rings. The van der Waals surface area contributed by atoms with Crippen LogP contribution < -0.4 is 10.1 Å². The lowest BCUT2D eigenvalue weighted by Gasteiger charge is -2.36. The van der Waals surface area contributed by atoms with Gasteiger partial charge in [0, 0.05) is 29.7 Å². The molecule has 6 nitrogen and oxygen atoms in total. The molecule has 236 valence electrons. The van der Waals surface area contributed by atoms with Crippen LogP contribution in [-0.4, -0.2) is 28.1 Å². The second-order valence-corrected chi connectivity index (χ2v) is 11.9. The Morgan fingerprint density at radius 2 is 1.64 bits per heavy atom. The molecule has 0 radical (unpaired) electrons. The number of alkyl halides is 3. The van der Waals surface area contributed by atoms with E-state index >= 15 is 4.39 Å². The number of pyridine rings is 1. The molecule has 2 unspecified atom stereocenters. The Kier molecular flexibility index (Phi) is 9.53. The normalized spacial score (nSPS) is 13.9. The fourth-order valence-corrected chi connectivity index (χ4v) is 4.92. The van der Waals surface area contributed by atoms with Crippen molar-refractivity contribution in [2.24, 2.45) is 5.41 Å². The van der Waals surface area contributed by atoms with E-state index in [9.17, 15) is 32.3 Å². The molecule has 3 aromatic carbocycles. The van der Waals surface area contributed by atoms with Crippen LogP contribution in [0.3, 0.4) is 0 Å². The second kappa shape index (κ2) is 12.8. The number of halogens is 6. The van der Waals surface area contributed by atoms with E-state index in [1.807, 2.05) is 0 Å². The summed E-state index contributed by atoms with van der Waals surface area (Å²) in [6, 6.07) is 16.7. The molecule has 2 N–H and O–H groups in total. The summed E-state index contributed by atoms with van der Waals surface area (Å²) in [5.74, 6) is -4.96. The molecule has 0 fully saturated rings. The summed E-state index contributed by atoms with van der Waals surface area (Å²) >= 11 is 6.10. The van der Waals surface area contributed by atoms with Gasteiger partial charge in [-0.3, -0.25) is 9.78 Å². The summed E-state index contributed by atoms with van der Waals surface area (Å²) in [6.07, 6.45) is -5.31. The van der Waals surface area contributed by atoms with Gasteiger partial charge in [0.15, 0.2) is 6.10 Å². The Morgan fingerprint density at radius 3 is 2.22 bits per heavy atom. The monoisotopic (exact) mass is 646 g/mol. The number of carbonyl (C=O) groups excluding carboxylic acids is 1. The number of nitrogens with one attached hydrogen (secondary N) is 1. The Morgan fingerprint density at radius 1 is 0.956 bits per heavy atom. The fourth-order valence-electron chi connectivity index (χ4n) is 4.81. The third kappa shape index (κ3) is 7.78. The fraction of sp³-hybridized carbons (Fsp3) is 0.242. The number of aromatic nitrogens is 1. The van der Waals surface area contributed by atoms with Crippen molar-refractivity contribution >= 4 is 23.5 Å². The average molecular weight is 647 g/mol. The Hall–Kier alpha value is -4.51. The smallest absolute Gasteiger partial charge is 0.419 e. The number of benzene rings is 3. The van der Waals surface area contributed by atoms with Crippen LogP contribution in [0.5, 0.6) is 5.75 Å². The molecule has 4 rings (SSSR count). The maximum Gasteiger partial charge on any atom is 0.419 e. The predicted molar refractivity (Wildman–Crippen MR) is 157 cm³/mol. The number of ether oxygens (including phenoxy) is 1. The summed E-state index contributed by atoms with van der Waals surface area (Å²) in [5, 5.41) is 12.8. The van der Waals surface area contributed by atoms with Crippen LogP contribution in [-0.2, 0) is 22.9 Å². The maximum absolute atomic E-state index is 15.4. The number of nitrogens with zero attached hydrogens (tertiary/aromatic N) is 1. The molecule has 0 saturated carbocycles. The van der Waals surface area contributed by atoms with Crippen molar-refractivity contribution in [1.29, 1.82) is 0 Å². The van der Waals surface area contributed by atoms with Crippen molar-refractivity contribution in [1.82, 2.24) is 10.3 Å². The molecule has 12 heteroatoms. The molecule has 0 aliphatic carbocycles. The summed E-state index contributed by atoms with van der Waals surface area (Å²) < 4.78 is 75.8. The number of carboxylic acid groups (broad SMARTS) is 1. The molecule has 0 aliphatic heterocycles. The van der Waals surface area contributed by atoms with Gasteiger partial charge in [0.05, 0.1) is 16.3 Å². The molecular weight excluding hydrogens is 619 g/mol. The van der Waals surface area contributed by atoms with Crippen molar-refractivity contribution in [2.75, 3.05) is 0 Å². The standard InChI is InChI=1S/C33H28ClF5N2O4/c1-31(2,3)28(30(43)44)45-24-15-21(14-23(35)16-24)32(17-19-7-5-4-6-8-19,27-12-10-22(34)18-40-27)41-29(42)20-9-11-26(36)25(13-20)33(37,38)39/h4-16,18,28H,17H2,1-3H3,(H,41,42)(H,43,44). The van der Waals surface area contributed by atoms with E-state index in [4.69, 9.17) is 16.3 Å². The van der Waals surface area contributed by atoms with Crippen molar-refractivity contribution < 1.29 is 41.4 Å². The van der Waals surface area contributed by atoms with Crippen molar-refractivity contribution in [3.8, 4) is 5.75 Å². The van der Waals surface area contributed by atoms with Crippen LogP contribution in [0.2, 0.25) is 5.02 Å². The summed E-state index contributed by atoms with van der Waals surface area (Å²) in [7, 11) is 0. The topological polar surface area (TPSA) is 88.5 Å². The van der Waals surface area contributed by atoms with Crippen LogP contribution in [0, 0.1) is 17.0 Å². The largest absolute Gasteiger partial charge is 0.478 e. The molecule has 1 aromatic heterocycles. The van der Waals surface area contributed by atoms with Crippen LogP contribution in [0.15, 0.2) is 85.1 Å². The molecule has 0 spiro atoms. The van der Waals surface area contributed by atoms with Crippen molar-refractivity contribution in [3.63, 3.8) is 0 Å². The van der Waals surface area contributed by atoms with Gasteiger partial charge >= 0.3 is 12.1 Å². The lowest BCUT2D eigenvalue weighted by molar-refractivity contribution is -0.150. The van der Waals surface area contributed by atoms with Gasteiger partial charge in [0.2, 0.25) is 0 Å². The van der Waals surface area contributed by atoms with E-state index in [1.165, 1.54) is 24.4 Å². The highest BCUT2D eigenvalue weighted by Gasteiger charge is 2.41. The highest BCUT2D eigenvalue weighted by Crippen LogP contribution is 2.38. The Bertz CT molecular complexity index is 1690. The number of carbonyl (C=O) groups is 2. The number of amides is 1. The molecule has 2 atom stereocenters. The van der Waals surface area contributed by atoms with Crippen molar-refractivity contribution in [2.45, 2.75) is 45.0 Å². The minimum absolute atomic E-state index is 0.0285. The van der Waals surface area contributed by atoms with Crippen LogP contribution >= 0.6 is 11.6 Å². The molecule has 1 heterocycles.